The molecule has 19 heavy (non-hydrogen) atoms. The molecule has 0 aliphatic carbocycles. The van der Waals surface area contributed by atoms with Crippen LogP contribution < -0.4 is 0 Å². The highest BCUT2D eigenvalue weighted by molar-refractivity contribution is 6.33. The molecule has 1 atom stereocenters. The first-order valence-corrected chi connectivity index (χ1v) is 5.58. The Labute approximate surface area is 110 Å². The summed E-state index contributed by atoms with van der Waals surface area (Å²) in [5.74, 6) is -0.227. The van der Waals surface area contributed by atoms with Gasteiger partial charge in [0.05, 0.1) is 11.4 Å². The standard InChI is InChI=1S/C11H8ClF3N2O2/c12-7-4-2-1-3-6(7)10-16-9(19-17-10)5-8(18)11(13,14)15/h1-4,8,18H,5H2. The Kier molecular flexibility index (Phi) is 3.77. The molecular formula is C11H8ClF3N2O2. The summed E-state index contributed by atoms with van der Waals surface area (Å²) in [7, 11) is 0. The Bertz CT molecular complexity index is 571. The number of benzene rings is 1. The first-order valence-electron chi connectivity index (χ1n) is 5.20. The van der Waals surface area contributed by atoms with Crippen molar-refractivity contribution in [1.29, 1.82) is 0 Å². The van der Waals surface area contributed by atoms with Crippen LogP contribution in [0.3, 0.4) is 0 Å². The first-order chi connectivity index (χ1) is 8.88. The molecule has 102 valence electrons. The SMILES string of the molecule is OC(Cc1nc(-c2ccccc2Cl)no1)C(F)(F)F. The minimum atomic E-state index is -4.72. The van der Waals surface area contributed by atoms with Gasteiger partial charge in [-0.1, -0.05) is 28.9 Å². The fraction of sp³-hybridized carbons (Fsp3) is 0.273. The van der Waals surface area contributed by atoms with Crippen LogP contribution in [-0.4, -0.2) is 27.5 Å². The Morgan fingerprint density at radius 3 is 2.63 bits per heavy atom. The maximum atomic E-state index is 12.2. The highest BCUT2D eigenvalue weighted by Crippen LogP contribution is 2.26. The Morgan fingerprint density at radius 1 is 1.32 bits per heavy atom. The van der Waals surface area contributed by atoms with Gasteiger partial charge in [0.15, 0.2) is 6.10 Å². The number of hydrogen-bond donors (Lipinski definition) is 1. The second-order valence-corrected chi connectivity index (χ2v) is 4.16. The van der Waals surface area contributed by atoms with Gasteiger partial charge >= 0.3 is 6.18 Å². The van der Waals surface area contributed by atoms with Gasteiger partial charge in [0.2, 0.25) is 11.7 Å². The number of aliphatic hydroxyl groups excluding tert-OH is 1. The van der Waals surface area contributed by atoms with E-state index in [9.17, 15) is 13.2 Å². The lowest BCUT2D eigenvalue weighted by Crippen LogP contribution is -2.30. The number of rotatable bonds is 3. The van der Waals surface area contributed by atoms with E-state index in [1.54, 1.807) is 24.3 Å². The Morgan fingerprint density at radius 2 is 2.00 bits per heavy atom. The fourth-order valence-corrected chi connectivity index (χ4v) is 1.59. The van der Waals surface area contributed by atoms with Crippen molar-refractivity contribution in [3.05, 3.63) is 35.2 Å². The summed E-state index contributed by atoms with van der Waals surface area (Å²) >= 11 is 5.90. The zero-order valence-electron chi connectivity index (χ0n) is 9.36. The van der Waals surface area contributed by atoms with Gasteiger partial charge < -0.3 is 9.63 Å². The summed E-state index contributed by atoms with van der Waals surface area (Å²) in [6, 6.07) is 6.58. The third kappa shape index (κ3) is 3.24. The smallest absolute Gasteiger partial charge is 0.383 e. The number of aliphatic hydroxyl groups is 1. The van der Waals surface area contributed by atoms with Crippen molar-refractivity contribution in [2.24, 2.45) is 0 Å². The van der Waals surface area contributed by atoms with Gasteiger partial charge in [-0.15, -0.1) is 0 Å². The van der Waals surface area contributed by atoms with Crippen molar-refractivity contribution in [1.82, 2.24) is 10.1 Å². The maximum Gasteiger partial charge on any atom is 0.414 e. The lowest BCUT2D eigenvalue weighted by atomic mass is 10.2. The average Bonchev–Trinajstić information content (AvgIpc) is 2.76. The lowest BCUT2D eigenvalue weighted by Gasteiger charge is -2.11. The molecule has 1 aromatic carbocycles. The fourth-order valence-electron chi connectivity index (χ4n) is 1.37. The van der Waals surface area contributed by atoms with Crippen LogP contribution in [0.4, 0.5) is 13.2 Å². The number of aromatic nitrogens is 2. The summed E-state index contributed by atoms with van der Waals surface area (Å²) in [5, 5.41) is 12.8. The predicted molar refractivity (Wildman–Crippen MR) is 60.5 cm³/mol. The highest BCUT2D eigenvalue weighted by atomic mass is 35.5. The van der Waals surface area contributed by atoms with Crippen molar-refractivity contribution in [2.45, 2.75) is 18.7 Å². The van der Waals surface area contributed by atoms with Gasteiger partial charge in [-0.3, -0.25) is 0 Å². The largest absolute Gasteiger partial charge is 0.414 e. The zero-order chi connectivity index (χ0) is 14.0. The third-order valence-corrected chi connectivity index (χ3v) is 2.66. The molecule has 0 bridgehead atoms. The molecule has 4 nitrogen and oxygen atoms in total. The van der Waals surface area contributed by atoms with Crippen molar-refractivity contribution in [3.8, 4) is 11.4 Å². The summed E-state index contributed by atoms with van der Waals surface area (Å²) in [6.07, 6.45) is -8.05. The lowest BCUT2D eigenvalue weighted by molar-refractivity contribution is -0.204. The van der Waals surface area contributed by atoms with Gasteiger partial charge in [0, 0.05) is 5.56 Å². The van der Waals surface area contributed by atoms with E-state index in [1.807, 2.05) is 0 Å². The van der Waals surface area contributed by atoms with Crippen LogP contribution in [0, 0.1) is 0 Å². The van der Waals surface area contributed by atoms with Crippen molar-refractivity contribution < 1.29 is 22.8 Å². The molecule has 1 N–H and O–H groups in total. The quantitative estimate of drug-likeness (QED) is 0.945. The molecule has 0 spiro atoms. The Hall–Kier alpha value is -1.60. The molecular weight excluding hydrogens is 285 g/mol. The Balaban J connectivity index is 2.19. The van der Waals surface area contributed by atoms with Crippen LogP contribution in [0.2, 0.25) is 5.02 Å². The van der Waals surface area contributed by atoms with Crippen molar-refractivity contribution in [2.75, 3.05) is 0 Å². The van der Waals surface area contributed by atoms with Crippen LogP contribution in [0.5, 0.6) is 0 Å². The maximum absolute atomic E-state index is 12.2. The molecule has 2 rings (SSSR count). The molecule has 0 aliphatic heterocycles. The highest BCUT2D eigenvalue weighted by Gasteiger charge is 2.39. The number of hydrogen-bond acceptors (Lipinski definition) is 4. The van der Waals surface area contributed by atoms with E-state index in [1.165, 1.54) is 0 Å². The molecule has 2 aromatic rings. The van der Waals surface area contributed by atoms with E-state index in [-0.39, 0.29) is 11.7 Å². The number of halogens is 4. The second kappa shape index (κ2) is 5.18. The van der Waals surface area contributed by atoms with Crippen molar-refractivity contribution in [3.63, 3.8) is 0 Å². The van der Waals surface area contributed by atoms with E-state index in [0.29, 0.717) is 10.6 Å². The molecule has 0 aliphatic rings. The minimum Gasteiger partial charge on any atom is -0.383 e. The average molecular weight is 293 g/mol. The zero-order valence-corrected chi connectivity index (χ0v) is 10.1. The van der Waals surface area contributed by atoms with E-state index in [4.69, 9.17) is 16.7 Å². The van der Waals surface area contributed by atoms with Crippen LogP contribution in [-0.2, 0) is 6.42 Å². The number of alkyl halides is 3. The molecule has 1 heterocycles. The summed E-state index contributed by atoms with van der Waals surface area (Å²) in [6.45, 7) is 0. The molecule has 0 radical (unpaired) electrons. The van der Waals surface area contributed by atoms with Crippen LogP contribution >= 0.6 is 11.6 Å². The van der Waals surface area contributed by atoms with E-state index < -0.39 is 18.7 Å². The third-order valence-electron chi connectivity index (χ3n) is 2.33. The molecule has 1 unspecified atom stereocenters. The van der Waals surface area contributed by atoms with E-state index in [2.05, 4.69) is 14.7 Å². The van der Waals surface area contributed by atoms with Crippen molar-refractivity contribution >= 4 is 11.6 Å². The van der Waals surface area contributed by atoms with Crippen LogP contribution in [0.25, 0.3) is 11.4 Å². The molecule has 1 aromatic heterocycles. The summed E-state index contributed by atoms with van der Waals surface area (Å²) in [5.41, 5.74) is 0.445. The van der Waals surface area contributed by atoms with Crippen LogP contribution in [0.15, 0.2) is 28.8 Å². The van der Waals surface area contributed by atoms with Gasteiger partial charge in [0.25, 0.3) is 0 Å². The predicted octanol–water partition coefficient (Wildman–Crippen LogP) is 2.86. The minimum absolute atomic E-state index is 0.0787. The topological polar surface area (TPSA) is 59.2 Å². The van der Waals surface area contributed by atoms with Gasteiger partial charge in [-0.25, -0.2) is 0 Å². The molecule has 0 saturated heterocycles. The van der Waals surface area contributed by atoms with E-state index in [0.717, 1.165) is 0 Å². The molecule has 0 saturated carbocycles. The van der Waals surface area contributed by atoms with Gasteiger partial charge in [-0.2, -0.15) is 18.2 Å². The summed E-state index contributed by atoms with van der Waals surface area (Å²) < 4.78 is 41.2. The molecule has 0 fully saturated rings. The number of nitrogens with zero attached hydrogens (tertiary/aromatic N) is 2. The molecule has 0 amide bonds. The first kappa shape index (κ1) is 13.8. The van der Waals surface area contributed by atoms with Gasteiger partial charge in [-0.05, 0) is 12.1 Å². The summed E-state index contributed by atoms with van der Waals surface area (Å²) in [4.78, 5) is 3.77. The normalized spacial score (nSPS) is 13.5. The monoisotopic (exact) mass is 292 g/mol. The second-order valence-electron chi connectivity index (χ2n) is 3.75. The van der Waals surface area contributed by atoms with Crippen LogP contribution in [0.1, 0.15) is 5.89 Å². The molecule has 8 heteroatoms. The van der Waals surface area contributed by atoms with Gasteiger partial charge in [0.1, 0.15) is 0 Å². The van der Waals surface area contributed by atoms with E-state index >= 15 is 0 Å².